The van der Waals surface area contributed by atoms with E-state index in [2.05, 4.69) is 74.5 Å². The predicted molar refractivity (Wildman–Crippen MR) is 119 cm³/mol. The summed E-state index contributed by atoms with van der Waals surface area (Å²) in [5.74, 6) is 1.21. The van der Waals surface area contributed by atoms with Gasteiger partial charge in [-0.25, -0.2) is 4.79 Å². The third kappa shape index (κ3) is 3.77. The topological polar surface area (TPSA) is 64.5 Å². The molecule has 1 aromatic heterocycles. The van der Waals surface area contributed by atoms with Gasteiger partial charge >= 0.3 is 5.97 Å². The van der Waals surface area contributed by atoms with E-state index in [1.54, 1.807) is 6.07 Å². The second-order valence-electron chi connectivity index (χ2n) is 7.87. The van der Waals surface area contributed by atoms with Gasteiger partial charge in [0.05, 0.1) is 7.11 Å². The first-order valence-corrected chi connectivity index (χ1v) is 10.4. The quantitative estimate of drug-likeness (QED) is 0.594. The fourth-order valence-corrected chi connectivity index (χ4v) is 4.17. The second kappa shape index (κ2) is 7.87. The van der Waals surface area contributed by atoms with Gasteiger partial charge in [0.15, 0.2) is 11.5 Å². The molecule has 0 N–H and O–H groups in total. The molecule has 0 bridgehead atoms. The summed E-state index contributed by atoms with van der Waals surface area (Å²) in [6.07, 6.45) is 6.09. The lowest BCUT2D eigenvalue weighted by Crippen LogP contribution is -2.48. The first-order chi connectivity index (χ1) is 15.2. The predicted octanol–water partition coefficient (Wildman–Crippen LogP) is 4.38. The average Bonchev–Trinajstić information content (AvgIpc) is 2.84. The number of methoxy groups -OCH3 is 1. The summed E-state index contributed by atoms with van der Waals surface area (Å²) >= 11 is 0. The van der Waals surface area contributed by atoms with Crippen molar-refractivity contribution < 1.29 is 14.3 Å². The maximum atomic E-state index is 11.5. The van der Waals surface area contributed by atoms with Crippen molar-refractivity contribution >= 4 is 17.9 Å². The lowest BCUT2D eigenvalue weighted by atomic mass is 9.87. The Hall–Kier alpha value is -3.67. The first kappa shape index (κ1) is 19.3. The Morgan fingerprint density at radius 2 is 1.81 bits per heavy atom. The zero-order chi connectivity index (χ0) is 21.3. The number of anilines is 1. The molecule has 0 aliphatic carbocycles. The van der Waals surface area contributed by atoms with Crippen molar-refractivity contribution in [2.24, 2.45) is 0 Å². The largest absolute Gasteiger partial charge is 0.482 e. The molecule has 156 valence electrons. The van der Waals surface area contributed by atoms with E-state index in [4.69, 9.17) is 4.74 Å². The molecular formula is C25H23N3O3. The van der Waals surface area contributed by atoms with Crippen LogP contribution in [0.1, 0.15) is 28.9 Å². The molecule has 2 aromatic carbocycles. The molecule has 1 fully saturated rings. The molecule has 2 aliphatic rings. The number of piperidine rings is 1. The maximum absolute atomic E-state index is 11.5. The summed E-state index contributed by atoms with van der Waals surface area (Å²) in [6, 6.07) is 20.2. The molecule has 3 heterocycles. The zero-order valence-corrected chi connectivity index (χ0v) is 17.3. The number of fused-ring (bicyclic) bond motifs is 1. The van der Waals surface area contributed by atoms with E-state index in [0.717, 1.165) is 43.1 Å². The van der Waals surface area contributed by atoms with Crippen LogP contribution in [0.2, 0.25) is 0 Å². The molecule has 2 aliphatic heterocycles. The molecule has 0 amide bonds. The van der Waals surface area contributed by atoms with Crippen molar-refractivity contribution in [2.75, 3.05) is 25.1 Å². The highest BCUT2D eigenvalue weighted by atomic mass is 16.5. The minimum atomic E-state index is -0.480. The number of aromatic nitrogens is 2. The van der Waals surface area contributed by atoms with Gasteiger partial charge in [-0.15, -0.1) is 10.2 Å². The maximum Gasteiger partial charge on any atom is 0.358 e. The summed E-state index contributed by atoms with van der Waals surface area (Å²) in [5.41, 5.74) is 3.42. The van der Waals surface area contributed by atoms with Gasteiger partial charge < -0.3 is 14.4 Å². The smallest absolute Gasteiger partial charge is 0.358 e. The van der Waals surface area contributed by atoms with Crippen LogP contribution in [0.3, 0.4) is 0 Å². The van der Waals surface area contributed by atoms with E-state index in [1.165, 1.54) is 18.2 Å². The number of rotatable bonds is 3. The number of nitrogens with zero attached hydrogens (tertiary/aromatic N) is 3. The summed E-state index contributed by atoms with van der Waals surface area (Å²) in [4.78, 5) is 13.7. The van der Waals surface area contributed by atoms with Crippen LogP contribution in [0.15, 0.2) is 66.7 Å². The fourth-order valence-electron chi connectivity index (χ4n) is 4.17. The molecule has 3 aromatic rings. The Morgan fingerprint density at radius 1 is 1.00 bits per heavy atom. The van der Waals surface area contributed by atoms with E-state index >= 15 is 0 Å². The van der Waals surface area contributed by atoms with Crippen molar-refractivity contribution in [2.45, 2.75) is 18.4 Å². The van der Waals surface area contributed by atoms with E-state index in [9.17, 15) is 4.79 Å². The Labute approximate surface area is 181 Å². The van der Waals surface area contributed by atoms with Crippen LogP contribution in [0, 0.1) is 0 Å². The number of hydrogen-bond donors (Lipinski definition) is 0. The lowest BCUT2D eigenvalue weighted by molar-refractivity contribution is 0.0592. The molecule has 1 spiro atoms. The summed E-state index contributed by atoms with van der Waals surface area (Å²) in [5, 5.41) is 8.18. The standard InChI is InChI=1S/C25H23N3O3/c1-30-24(29)21-8-10-23(27-26-21)28-15-13-25(14-16-28)12-11-20-17-19(7-9-22(20)31-25)18-5-3-2-4-6-18/h2-12,17H,13-16H2,1H3. The van der Waals surface area contributed by atoms with Gasteiger partial charge in [-0.3, -0.25) is 0 Å². The molecule has 1 saturated heterocycles. The van der Waals surface area contributed by atoms with Gasteiger partial charge in [0.2, 0.25) is 0 Å². The van der Waals surface area contributed by atoms with Gasteiger partial charge in [-0.1, -0.05) is 42.5 Å². The highest BCUT2D eigenvalue weighted by molar-refractivity contribution is 5.87. The molecule has 6 heteroatoms. The van der Waals surface area contributed by atoms with Crippen LogP contribution < -0.4 is 9.64 Å². The van der Waals surface area contributed by atoms with Crippen LogP contribution >= 0.6 is 0 Å². The van der Waals surface area contributed by atoms with Crippen molar-refractivity contribution in [1.82, 2.24) is 10.2 Å². The van der Waals surface area contributed by atoms with Crippen molar-refractivity contribution in [3.05, 3.63) is 78.0 Å². The van der Waals surface area contributed by atoms with Crippen molar-refractivity contribution in [1.29, 1.82) is 0 Å². The Morgan fingerprint density at radius 3 is 2.52 bits per heavy atom. The van der Waals surface area contributed by atoms with Gasteiger partial charge in [-0.2, -0.15) is 0 Å². The zero-order valence-electron chi connectivity index (χ0n) is 17.3. The number of ether oxygens (including phenoxy) is 2. The molecule has 6 nitrogen and oxygen atoms in total. The number of carbonyl (C=O) groups excluding carboxylic acids is 1. The number of carbonyl (C=O) groups is 1. The van der Waals surface area contributed by atoms with Gasteiger partial charge in [0.25, 0.3) is 0 Å². The normalized spacial score (nSPS) is 16.5. The monoisotopic (exact) mass is 413 g/mol. The third-order valence-corrected chi connectivity index (χ3v) is 5.98. The van der Waals surface area contributed by atoms with Crippen LogP contribution in [0.4, 0.5) is 5.82 Å². The van der Waals surface area contributed by atoms with Crippen LogP contribution in [-0.4, -0.2) is 42.0 Å². The van der Waals surface area contributed by atoms with Crippen molar-refractivity contribution in [3.8, 4) is 16.9 Å². The summed E-state index contributed by atoms with van der Waals surface area (Å²) in [7, 11) is 1.33. The minimum absolute atomic E-state index is 0.213. The average molecular weight is 413 g/mol. The molecule has 5 rings (SSSR count). The van der Waals surface area contributed by atoms with Gasteiger partial charge in [0, 0.05) is 31.5 Å². The number of esters is 1. The van der Waals surface area contributed by atoms with E-state index in [-0.39, 0.29) is 11.3 Å². The SMILES string of the molecule is COC(=O)c1ccc(N2CCC3(C=Cc4cc(-c5ccccc5)ccc4O3)CC2)nn1. The Bertz CT molecular complexity index is 1120. The molecule has 0 atom stereocenters. The molecule has 31 heavy (non-hydrogen) atoms. The summed E-state index contributed by atoms with van der Waals surface area (Å²) in [6.45, 7) is 1.60. The molecule has 0 saturated carbocycles. The van der Waals surface area contributed by atoms with Gasteiger partial charge in [0.1, 0.15) is 11.4 Å². The number of hydrogen-bond acceptors (Lipinski definition) is 6. The fraction of sp³-hybridized carbons (Fsp3) is 0.240. The highest BCUT2D eigenvalue weighted by Crippen LogP contribution is 2.39. The van der Waals surface area contributed by atoms with Crippen molar-refractivity contribution in [3.63, 3.8) is 0 Å². The third-order valence-electron chi connectivity index (χ3n) is 5.98. The summed E-state index contributed by atoms with van der Waals surface area (Å²) < 4.78 is 11.2. The Balaban J connectivity index is 1.28. The van der Waals surface area contributed by atoms with Crippen LogP contribution in [-0.2, 0) is 4.74 Å². The van der Waals surface area contributed by atoms with E-state index < -0.39 is 5.97 Å². The van der Waals surface area contributed by atoms with Crippen LogP contribution in [0.5, 0.6) is 5.75 Å². The highest BCUT2D eigenvalue weighted by Gasteiger charge is 2.37. The molecule has 0 unspecified atom stereocenters. The van der Waals surface area contributed by atoms with E-state index in [1.807, 2.05) is 12.1 Å². The Kier molecular flexibility index (Phi) is 4.90. The van der Waals surface area contributed by atoms with Gasteiger partial charge in [-0.05, 0) is 41.5 Å². The number of benzene rings is 2. The molecule has 0 radical (unpaired) electrons. The lowest BCUT2D eigenvalue weighted by Gasteiger charge is -2.42. The van der Waals surface area contributed by atoms with E-state index in [0.29, 0.717) is 0 Å². The minimum Gasteiger partial charge on any atom is -0.482 e. The second-order valence-corrected chi connectivity index (χ2v) is 7.87. The molecular weight excluding hydrogens is 390 g/mol. The van der Waals surface area contributed by atoms with Crippen LogP contribution in [0.25, 0.3) is 17.2 Å². The first-order valence-electron chi connectivity index (χ1n) is 10.4.